The summed E-state index contributed by atoms with van der Waals surface area (Å²) in [5.41, 5.74) is 0.852. The van der Waals surface area contributed by atoms with Gasteiger partial charge in [-0.05, 0) is 31.6 Å². The van der Waals surface area contributed by atoms with Crippen molar-refractivity contribution in [1.29, 1.82) is 0 Å². The molecule has 116 valence electrons. The van der Waals surface area contributed by atoms with Crippen molar-refractivity contribution in [3.63, 3.8) is 0 Å². The number of nitrogens with zero attached hydrogens (tertiary/aromatic N) is 3. The number of likely N-dealkylation sites (tertiary alicyclic amines) is 1. The van der Waals surface area contributed by atoms with Crippen LogP contribution in [0.1, 0.15) is 37.7 Å². The van der Waals surface area contributed by atoms with E-state index in [1.54, 1.807) is 6.20 Å². The van der Waals surface area contributed by atoms with Crippen LogP contribution in [0.3, 0.4) is 0 Å². The molecule has 1 fully saturated rings. The van der Waals surface area contributed by atoms with E-state index in [0.717, 1.165) is 36.8 Å². The van der Waals surface area contributed by atoms with E-state index in [1.165, 1.54) is 12.8 Å². The first kappa shape index (κ1) is 16.1. The number of aromatic nitrogens is 2. The highest BCUT2D eigenvalue weighted by molar-refractivity contribution is 7.99. The lowest BCUT2D eigenvalue weighted by molar-refractivity contribution is 0.200. The molecular formula is C15H24N4OS. The molecule has 2 heterocycles. The van der Waals surface area contributed by atoms with Crippen LogP contribution in [0.25, 0.3) is 0 Å². The van der Waals surface area contributed by atoms with Gasteiger partial charge in [0.15, 0.2) is 0 Å². The summed E-state index contributed by atoms with van der Waals surface area (Å²) in [4.78, 5) is 22.6. The van der Waals surface area contributed by atoms with Crippen molar-refractivity contribution >= 4 is 17.8 Å². The second kappa shape index (κ2) is 8.22. The van der Waals surface area contributed by atoms with Gasteiger partial charge < -0.3 is 10.2 Å². The van der Waals surface area contributed by atoms with Crippen LogP contribution >= 0.6 is 11.8 Å². The number of rotatable bonds is 4. The number of urea groups is 1. The van der Waals surface area contributed by atoms with E-state index in [-0.39, 0.29) is 6.03 Å². The SMILES string of the molecule is CCS[C@H]1CCCCN(C(=O)NCc2ccnc(C)n2)C1. The van der Waals surface area contributed by atoms with Gasteiger partial charge in [0.05, 0.1) is 12.2 Å². The van der Waals surface area contributed by atoms with Gasteiger partial charge in [0.25, 0.3) is 0 Å². The maximum Gasteiger partial charge on any atom is 0.317 e. The highest BCUT2D eigenvalue weighted by Crippen LogP contribution is 2.21. The van der Waals surface area contributed by atoms with Gasteiger partial charge in [-0.25, -0.2) is 14.8 Å². The Balaban J connectivity index is 1.86. The van der Waals surface area contributed by atoms with E-state index in [1.807, 2.05) is 29.7 Å². The smallest absolute Gasteiger partial charge is 0.317 e. The molecule has 0 bridgehead atoms. The van der Waals surface area contributed by atoms with Gasteiger partial charge in [0.1, 0.15) is 5.82 Å². The van der Waals surface area contributed by atoms with Gasteiger partial charge in [0.2, 0.25) is 0 Å². The van der Waals surface area contributed by atoms with Gasteiger partial charge in [-0.15, -0.1) is 0 Å². The summed E-state index contributed by atoms with van der Waals surface area (Å²) >= 11 is 1.96. The van der Waals surface area contributed by atoms with Crippen molar-refractivity contribution in [3.05, 3.63) is 23.8 Å². The number of carbonyl (C=O) groups excluding carboxylic acids is 1. The topological polar surface area (TPSA) is 58.1 Å². The van der Waals surface area contributed by atoms with Crippen molar-refractivity contribution in [2.24, 2.45) is 0 Å². The summed E-state index contributed by atoms with van der Waals surface area (Å²) < 4.78 is 0. The molecule has 5 nitrogen and oxygen atoms in total. The van der Waals surface area contributed by atoms with E-state index >= 15 is 0 Å². The Morgan fingerprint density at radius 3 is 3.14 bits per heavy atom. The normalized spacial score (nSPS) is 19.1. The molecule has 1 saturated heterocycles. The van der Waals surface area contributed by atoms with Crippen LogP contribution in [0.15, 0.2) is 12.3 Å². The maximum absolute atomic E-state index is 12.3. The second-order valence-electron chi connectivity index (χ2n) is 5.27. The van der Waals surface area contributed by atoms with Crippen molar-refractivity contribution in [3.8, 4) is 0 Å². The molecule has 0 saturated carbocycles. The molecule has 0 spiro atoms. The fraction of sp³-hybridized carbons (Fsp3) is 0.667. The van der Waals surface area contributed by atoms with Crippen LogP contribution in [-0.2, 0) is 6.54 Å². The number of nitrogens with one attached hydrogen (secondary N) is 1. The van der Waals surface area contributed by atoms with Crippen LogP contribution in [0.2, 0.25) is 0 Å². The molecule has 1 aromatic heterocycles. The predicted molar refractivity (Wildman–Crippen MR) is 86.3 cm³/mol. The summed E-state index contributed by atoms with van der Waals surface area (Å²) in [6.45, 7) is 6.21. The zero-order valence-corrected chi connectivity index (χ0v) is 13.7. The summed E-state index contributed by atoms with van der Waals surface area (Å²) in [6.07, 6.45) is 5.25. The van der Waals surface area contributed by atoms with E-state index in [2.05, 4.69) is 22.2 Å². The zero-order valence-electron chi connectivity index (χ0n) is 12.8. The Bertz CT molecular complexity index is 469. The van der Waals surface area contributed by atoms with Crippen LogP contribution in [0, 0.1) is 6.92 Å². The Morgan fingerprint density at radius 2 is 2.38 bits per heavy atom. The predicted octanol–water partition coefficient (Wildman–Crippen LogP) is 2.60. The van der Waals surface area contributed by atoms with Gasteiger partial charge in [-0.2, -0.15) is 11.8 Å². The molecule has 0 radical (unpaired) electrons. The number of hydrogen-bond acceptors (Lipinski definition) is 4. The lowest BCUT2D eigenvalue weighted by Crippen LogP contribution is -2.42. The van der Waals surface area contributed by atoms with Gasteiger partial charge >= 0.3 is 6.03 Å². The molecule has 0 unspecified atom stereocenters. The molecule has 1 aliphatic heterocycles. The monoisotopic (exact) mass is 308 g/mol. The van der Waals surface area contributed by atoms with Crippen LogP contribution < -0.4 is 5.32 Å². The fourth-order valence-corrected chi connectivity index (χ4v) is 3.63. The van der Waals surface area contributed by atoms with Crippen molar-refractivity contribution in [2.45, 2.75) is 44.9 Å². The molecule has 0 aliphatic carbocycles. The van der Waals surface area contributed by atoms with Crippen molar-refractivity contribution < 1.29 is 4.79 Å². The van der Waals surface area contributed by atoms with Crippen LogP contribution in [0.5, 0.6) is 0 Å². The fourth-order valence-electron chi connectivity index (χ4n) is 2.54. The van der Waals surface area contributed by atoms with E-state index in [4.69, 9.17) is 0 Å². The summed E-state index contributed by atoms with van der Waals surface area (Å²) in [5.74, 6) is 1.84. The maximum atomic E-state index is 12.3. The highest BCUT2D eigenvalue weighted by atomic mass is 32.2. The summed E-state index contributed by atoms with van der Waals surface area (Å²) in [5, 5.41) is 3.55. The molecule has 1 aliphatic rings. The number of amides is 2. The molecule has 21 heavy (non-hydrogen) atoms. The number of aryl methyl sites for hydroxylation is 1. The van der Waals surface area contributed by atoms with E-state index in [0.29, 0.717) is 11.8 Å². The van der Waals surface area contributed by atoms with Crippen molar-refractivity contribution in [2.75, 3.05) is 18.8 Å². The van der Waals surface area contributed by atoms with E-state index < -0.39 is 0 Å². The minimum atomic E-state index is 0.0230. The molecule has 2 rings (SSSR count). The van der Waals surface area contributed by atoms with Crippen LogP contribution in [-0.4, -0.2) is 45.0 Å². The largest absolute Gasteiger partial charge is 0.332 e. The Hall–Kier alpha value is -1.30. The minimum Gasteiger partial charge on any atom is -0.332 e. The summed E-state index contributed by atoms with van der Waals surface area (Å²) in [7, 11) is 0. The Labute approximate surface area is 130 Å². The third kappa shape index (κ3) is 5.19. The first-order valence-corrected chi connectivity index (χ1v) is 8.67. The third-order valence-corrected chi connectivity index (χ3v) is 4.76. The number of thioether (sulfide) groups is 1. The molecule has 2 amide bonds. The quantitative estimate of drug-likeness (QED) is 0.929. The molecule has 0 aromatic carbocycles. The second-order valence-corrected chi connectivity index (χ2v) is 6.85. The Kier molecular flexibility index (Phi) is 6.29. The molecule has 6 heteroatoms. The third-order valence-electron chi connectivity index (χ3n) is 3.57. The standard InChI is InChI=1S/C15H24N4OS/c1-3-21-14-6-4-5-9-19(11-14)15(20)17-10-13-7-8-16-12(2)18-13/h7-8,14H,3-6,9-11H2,1-2H3,(H,17,20)/t14-/m0/s1. The Morgan fingerprint density at radius 1 is 1.52 bits per heavy atom. The average molecular weight is 308 g/mol. The molecular weight excluding hydrogens is 284 g/mol. The van der Waals surface area contributed by atoms with Gasteiger partial charge in [-0.1, -0.05) is 13.3 Å². The first-order chi connectivity index (χ1) is 10.2. The zero-order chi connectivity index (χ0) is 15.1. The van der Waals surface area contributed by atoms with E-state index in [9.17, 15) is 4.79 Å². The lowest BCUT2D eigenvalue weighted by atomic mass is 10.2. The average Bonchev–Trinajstić information content (AvgIpc) is 2.71. The van der Waals surface area contributed by atoms with Gasteiger partial charge in [-0.3, -0.25) is 0 Å². The first-order valence-electron chi connectivity index (χ1n) is 7.62. The molecule has 1 N–H and O–H groups in total. The summed E-state index contributed by atoms with van der Waals surface area (Å²) in [6, 6.07) is 1.86. The minimum absolute atomic E-state index is 0.0230. The molecule has 1 aromatic rings. The van der Waals surface area contributed by atoms with Crippen molar-refractivity contribution in [1.82, 2.24) is 20.2 Å². The van der Waals surface area contributed by atoms with Crippen LogP contribution in [0.4, 0.5) is 4.79 Å². The van der Waals surface area contributed by atoms with Gasteiger partial charge in [0, 0.05) is 24.5 Å². The molecule has 1 atom stereocenters. The number of carbonyl (C=O) groups is 1. The highest BCUT2D eigenvalue weighted by Gasteiger charge is 2.21. The lowest BCUT2D eigenvalue weighted by Gasteiger charge is -2.24. The number of hydrogen-bond donors (Lipinski definition) is 1.